The first-order valence-electron chi connectivity index (χ1n) is 8.11. The van der Waals surface area contributed by atoms with Crippen LogP contribution in [0.5, 0.6) is 0 Å². The number of hydrogen-bond acceptors (Lipinski definition) is 5. The van der Waals surface area contributed by atoms with Crippen LogP contribution in [-0.2, 0) is 13.0 Å². The van der Waals surface area contributed by atoms with Crippen molar-refractivity contribution in [3.8, 4) is 0 Å². The molecule has 2 heterocycles. The van der Waals surface area contributed by atoms with Crippen molar-refractivity contribution in [2.45, 2.75) is 58.0 Å². The zero-order valence-corrected chi connectivity index (χ0v) is 12.5. The largest absolute Gasteiger partial charge is 0.338 e. The van der Waals surface area contributed by atoms with Crippen LogP contribution in [0.2, 0.25) is 0 Å². The second-order valence-corrected chi connectivity index (χ2v) is 6.21. The van der Waals surface area contributed by atoms with Gasteiger partial charge in [-0.05, 0) is 51.1 Å². The van der Waals surface area contributed by atoms with Crippen molar-refractivity contribution in [2.75, 3.05) is 19.6 Å². The normalized spacial score (nSPS) is 20.7. The third-order valence-electron chi connectivity index (χ3n) is 4.34. The molecule has 112 valence electrons. The summed E-state index contributed by atoms with van der Waals surface area (Å²) in [5.74, 6) is 2.49. The van der Waals surface area contributed by atoms with E-state index in [1.165, 1.54) is 45.3 Å². The number of hydrogen-bond donors (Lipinski definition) is 1. The van der Waals surface area contributed by atoms with Gasteiger partial charge in [0.25, 0.3) is 0 Å². The van der Waals surface area contributed by atoms with E-state index in [0.717, 1.165) is 43.1 Å². The molecule has 2 fully saturated rings. The van der Waals surface area contributed by atoms with Gasteiger partial charge in [0, 0.05) is 19.0 Å². The lowest BCUT2D eigenvalue weighted by Gasteiger charge is -2.29. The van der Waals surface area contributed by atoms with Gasteiger partial charge >= 0.3 is 0 Å². The molecule has 1 saturated heterocycles. The van der Waals surface area contributed by atoms with Gasteiger partial charge in [-0.25, -0.2) is 0 Å². The first-order valence-corrected chi connectivity index (χ1v) is 8.11. The standard InChI is InChI=1S/C15H26N4O/c1-2-3-14-17-15(20-18-14)11-19(13-4-5-13)10-12-6-8-16-9-7-12/h12-13,16H,2-11H2,1H3. The summed E-state index contributed by atoms with van der Waals surface area (Å²) in [4.78, 5) is 7.08. The highest BCUT2D eigenvalue weighted by atomic mass is 16.5. The molecule has 0 bridgehead atoms. The Morgan fingerprint density at radius 2 is 2.05 bits per heavy atom. The van der Waals surface area contributed by atoms with Crippen LogP contribution in [0.3, 0.4) is 0 Å². The van der Waals surface area contributed by atoms with E-state index in [4.69, 9.17) is 4.52 Å². The lowest BCUT2D eigenvalue weighted by molar-refractivity contribution is 0.170. The van der Waals surface area contributed by atoms with Gasteiger partial charge in [0.05, 0.1) is 6.54 Å². The number of nitrogens with zero attached hydrogens (tertiary/aromatic N) is 3. The molecule has 20 heavy (non-hydrogen) atoms. The van der Waals surface area contributed by atoms with Crippen molar-refractivity contribution in [2.24, 2.45) is 5.92 Å². The minimum absolute atomic E-state index is 0.756. The molecular formula is C15H26N4O. The predicted molar refractivity (Wildman–Crippen MR) is 77.3 cm³/mol. The molecule has 3 rings (SSSR count). The van der Waals surface area contributed by atoms with E-state index in [9.17, 15) is 0 Å². The van der Waals surface area contributed by atoms with Crippen LogP contribution in [-0.4, -0.2) is 40.7 Å². The summed E-state index contributed by atoms with van der Waals surface area (Å²) in [5, 5.41) is 7.50. The van der Waals surface area contributed by atoms with E-state index in [1.807, 2.05) is 0 Å². The van der Waals surface area contributed by atoms with Crippen molar-refractivity contribution in [1.29, 1.82) is 0 Å². The fraction of sp³-hybridized carbons (Fsp3) is 0.867. The first kappa shape index (κ1) is 14.0. The third-order valence-corrected chi connectivity index (χ3v) is 4.34. The topological polar surface area (TPSA) is 54.2 Å². The zero-order chi connectivity index (χ0) is 13.8. The van der Waals surface area contributed by atoms with Crippen LogP contribution < -0.4 is 5.32 Å². The fourth-order valence-corrected chi connectivity index (χ4v) is 3.03. The van der Waals surface area contributed by atoms with E-state index in [2.05, 4.69) is 27.3 Å². The minimum atomic E-state index is 0.756. The van der Waals surface area contributed by atoms with Gasteiger partial charge < -0.3 is 9.84 Å². The molecule has 2 aliphatic rings. The molecule has 5 heteroatoms. The third kappa shape index (κ3) is 3.79. The molecular weight excluding hydrogens is 252 g/mol. The lowest BCUT2D eigenvalue weighted by atomic mass is 9.97. The number of aryl methyl sites for hydroxylation is 1. The minimum Gasteiger partial charge on any atom is -0.338 e. The van der Waals surface area contributed by atoms with Crippen molar-refractivity contribution in [1.82, 2.24) is 20.4 Å². The molecule has 0 unspecified atom stereocenters. The summed E-state index contributed by atoms with van der Waals surface area (Å²) in [7, 11) is 0. The maximum Gasteiger partial charge on any atom is 0.240 e. The van der Waals surface area contributed by atoms with Crippen molar-refractivity contribution in [3.05, 3.63) is 11.7 Å². The van der Waals surface area contributed by atoms with Crippen LogP contribution >= 0.6 is 0 Å². The van der Waals surface area contributed by atoms with Gasteiger partial charge in [0.2, 0.25) is 5.89 Å². The number of rotatable bonds is 7. The molecule has 1 aliphatic heterocycles. The predicted octanol–water partition coefficient (Wildman–Crippen LogP) is 1.99. The highest BCUT2D eigenvalue weighted by Crippen LogP contribution is 2.30. The highest BCUT2D eigenvalue weighted by molar-refractivity contribution is 4.92. The summed E-state index contributed by atoms with van der Waals surface area (Å²) < 4.78 is 5.40. The maximum absolute atomic E-state index is 5.40. The van der Waals surface area contributed by atoms with Gasteiger partial charge in [-0.15, -0.1) is 0 Å². The Hall–Kier alpha value is -0.940. The van der Waals surface area contributed by atoms with E-state index < -0.39 is 0 Å². The molecule has 1 saturated carbocycles. The van der Waals surface area contributed by atoms with Gasteiger partial charge in [0.15, 0.2) is 5.82 Å². The molecule has 1 aromatic rings. The van der Waals surface area contributed by atoms with E-state index in [0.29, 0.717) is 0 Å². The monoisotopic (exact) mass is 278 g/mol. The summed E-state index contributed by atoms with van der Waals surface area (Å²) in [5.41, 5.74) is 0. The van der Waals surface area contributed by atoms with Crippen LogP contribution in [0.4, 0.5) is 0 Å². The second-order valence-electron chi connectivity index (χ2n) is 6.21. The summed E-state index contributed by atoms with van der Waals surface area (Å²) in [6.07, 6.45) is 7.26. The smallest absolute Gasteiger partial charge is 0.240 e. The Bertz CT molecular complexity index is 410. The van der Waals surface area contributed by atoms with E-state index in [-0.39, 0.29) is 0 Å². The first-order chi connectivity index (χ1) is 9.85. The maximum atomic E-state index is 5.40. The summed E-state index contributed by atoms with van der Waals surface area (Å²) in [6, 6.07) is 0.756. The molecule has 5 nitrogen and oxygen atoms in total. The van der Waals surface area contributed by atoms with Crippen molar-refractivity contribution >= 4 is 0 Å². The van der Waals surface area contributed by atoms with Crippen LogP contribution in [0, 0.1) is 5.92 Å². The number of nitrogens with one attached hydrogen (secondary N) is 1. The summed E-state index contributed by atoms with van der Waals surface area (Å²) >= 11 is 0. The fourth-order valence-electron chi connectivity index (χ4n) is 3.03. The highest BCUT2D eigenvalue weighted by Gasteiger charge is 2.32. The zero-order valence-electron chi connectivity index (χ0n) is 12.5. The van der Waals surface area contributed by atoms with Gasteiger partial charge in [-0.3, -0.25) is 4.90 Å². The van der Waals surface area contributed by atoms with Gasteiger partial charge in [-0.2, -0.15) is 4.98 Å². The number of piperidine rings is 1. The Morgan fingerprint density at radius 1 is 1.25 bits per heavy atom. The molecule has 0 spiro atoms. The average Bonchev–Trinajstić information content (AvgIpc) is 3.22. The van der Waals surface area contributed by atoms with E-state index >= 15 is 0 Å². The Labute approximate surface area is 121 Å². The van der Waals surface area contributed by atoms with Crippen LogP contribution in [0.15, 0.2) is 4.52 Å². The van der Waals surface area contributed by atoms with Gasteiger partial charge in [0.1, 0.15) is 0 Å². The molecule has 0 atom stereocenters. The van der Waals surface area contributed by atoms with Crippen LogP contribution in [0.1, 0.15) is 50.7 Å². The second kappa shape index (κ2) is 6.68. The quantitative estimate of drug-likeness (QED) is 0.826. The molecule has 1 N–H and O–H groups in total. The molecule has 1 aliphatic carbocycles. The molecule has 0 amide bonds. The van der Waals surface area contributed by atoms with Crippen LogP contribution in [0.25, 0.3) is 0 Å². The lowest BCUT2D eigenvalue weighted by Crippen LogP contribution is -2.37. The number of aromatic nitrogens is 2. The Kier molecular flexibility index (Phi) is 4.68. The molecule has 0 aromatic carbocycles. The van der Waals surface area contributed by atoms with E-state index in [1.54, 1.807) is 0 Å². The SMILES string of the molecule is CCCc1noc(CN(CC2CCNCC2)C2CC2)n1. The Balaban J connectivity index is 1.55. The van der Waals surface area contributed by atoms with Gasteiger partial charge in [-0.1, -0.05) is 12.1 Å². The Morgan fingerprint density at radius 3 is 2.75 bits per heavy atom. The molecule has 0 radical (unpaired) electrons. The average molecular weight is 278 g/mol. The molecule has 1 aromatic heterocycles. The van der Waals surface area contributed by atoms with Crippen molar-refractivity contribution < 1.29 is 4.52 Å². The summed E-state index contributed by atoms with van der Waals surface area (Å²) in [6.45, 7) is 6.52. The van der Waals surface area contributed by atoms with Crippen molar-refractivity contribution in [3.63, 3.8) is 0 Å².